The lowest BCUT2D eigenvalue weighted by atomic mass is 9.73. The molecule has 0 radical (unpaired) electrons. The zero-order chi connectivity index (χ0) is 20.0. The molecule has 3 heterocycles. The van der Waals surface area contributed by atoms with E-state index in [4.69, 9.17) is 4.74 Å². The Morgan fingerprint density at radius 2 is 2.10 bits per heavy atom. The van der Waals surface area contributed by atoms with Crippen molar-refractivity contribution in [3.8, 4) is 5.75 Å². The van der Waals surface area contributed by atoms with Crippen LogP contribution in [0.4, 0.5) is 0 Å². The minimum atomic E-state index is -0.401. The molecule has 0 amide bonds. The fraction of sp³-hybridized carbons (Fsp3) is 0.409. The van der Waals surface area contributed by atoms with Crippen LogP contribution < -0.4 is 21.3 Å². The molecule has 8 heteroatoms. The van der Waals surface area contributed by atoms with Crippen molar-refractivity contribution < 1.29 is 4.74 Å². The van der Waals surface area contributed by atoms with Crippen LogP contribution in [0.25, 0.3) is 11.0 Å². The molecule has 1 aliphatic carbocycles. The number of methoxy groups -OCH3 is 1. The lowest BCUT2D eigenvalue weighted by Crippen LogP contribution is -2.38. The Kier molecular flexibility index (Phi) is 5.66. The largest absolute Gasteiger partial charge is 0.496 e. The van der Waals surface area contributed by atoms with Gasteiger partial charge in [-0.1, -0.05) is 12.1 Å². The molecule has 1 saturated heterocycles. The molecule has 2 aromatic heterocycles. The number of nitrogens with zero attached hydrogens (tertiary/aromatic N) is 2. The van der Waals surface area contributed by atoms with Crippen LogP contribution in [0.3, 0.4) is 0 Å². The zero-order valence-electron chi connectivity index (χ0n) is 16.8. The Hall–Kier alpha value is -2.64. The average molecular weight is 429 g/mol. The van der Waals surface area contributed by atoms with Gasteiger partial charge in [-0.05, 0) is 61.1 Å². The smallest absolute Gasteiger partial charge is 0.329 e. The second kappa shape index (κ2) is 8.24. The van der Waals surface area contributed by atoms with E-state index in [-0.39, 0.29) is 24.0 Å². The summed E-state index contributed by atoms with van der Waals surface area (Å²) in [6.45, 7) is 1.35. The summed E-state index contributed by atoms with van der Waals surface area (Å²) in [5.74, 6) is 1.92. The van der Waals surface area contributed by atoms with Crippen molar-refractivity contribution in [3.63, 3.8) is 0 Å². The lowest BCUT2D eigenvalue weighted by molar-refractivity contribution is 0.371. The third kappa shape index (κ3) is 3.32. The van der Waals surface area contributed by atoms with Crippen molar-refractivity contribution in [2.75, 3.05) is 13.7 Å². The first-order valence-electron chi connectivity index (χ1n) is 10.1. The van der Waals surface area contributed by atoms with Gasteiger partial charge in [0.15, 0.2) is 0 Å². The molecule has 2 N–H and O–H groups in total. The zero-order valence-corrected chi connectivity index (χ0v) is 17.6. The number of ether oxygens (including phenoxy) is 1. The topological polar surface area (TPSA) is 89.0 Å². The van der Waals surface area contributed by atoms with E-state index in [9.17, 15) is 9.59 Å². The fourth-order valence-corrected chi connectivity index (χ4v) is 5.16. The lowest BCUT2D eigenvalue weighted by Gasteiger charge is -2.32. The Morgan fingerprint density at radius 1 is 1.23 bits per heavy atom. The summed E-state index contributed by atoms with van der Waals surface area (Å²) in [6.07, 6.45) is 4.45. The summed E-state index contributed by atoms with van der Waals surface area (Å²) in [5.41, 5.74) is 2.31. The van der Waals surface area contributed by atoms with Gasteiger partial charge >= 0.3 is 5.69 Å². The molecular formula is C22H25ClN4O3. The van der Waals surface area contributed by atoms with Crippen molar-refractivity contribution in [1.82, 2.24) is 19.9 Å². The summed E-state index contributed by atoms with van der Waals surface area (Å²) in [5, 5.41) is 4.08. The van der Waals surface area contributed by atoms with Gasteiger partial charge < -0.3 is 10.1 Å². The van der Waals surface area contributed by atoms with E-state index in [1.807, 2.05) is 6.07 Å². The second-order valence-electron chi connectivity index (χ2n) is 7.94. The average Bonchev–Trinajstić information content (AvgIpc) is 3.16. The summed E-state index contributed by atoms with van der Waals surface area (Å²) >= 11 is 0. The van der Waals surface area contributed by atoms with Crippen LogP contribution in [0.1, 0.15) is 29.9 Å². The number of hydrogen-bond acceptors (Lipinski definition) is 5. The maximum atomic E-state index is 12.8. The first-order valence-corrected chi connectivity index (χ1v) is 10.1. The van der Waals surface area contributed by atoms with Gasteiger partial charge in [-0.3, -0.25) is 14.3 Å². The maximum absolute atomic E-state index is 12.8. The van der Waals surface area contributed by atoms with Gasteiger partial charge in [-0.15, -0.1) is 12.4 Å². The van der Waals surface area contributed by atoms with Crippen molar-refractivity contribution in [2.24, 2.45) is 5.92 Å². The Balaban J connectivity index is 0.00000218. The Labute approximate surface area is 179 Å². The van der Waals surface area contributed by atoms with E-state index >= 15 is 0 Å². The number of fused-ring (bicyclic) bond motifs is 4. The van der Waals surface area contributed by atoms with Crippen molar-refractivity contribution in [2.45, 2.75) is 37.8 Å². The molecule has 1 fully saturated rings. The van der Waals surface area contributed by atoms with E-state index in [2.05, 4.69) is 27.4 Å². The standard InChI is InChI=1S/C22H24N4O3.ClH/c1-29-18-6-2-4-15-14(18)8-7-13-12-24-17(19(13)15)9-11-26-21(27)16-5-3-10-23-20(16)25-22(26)28;/h2-6,10,13,17,19,24H,7-9,11-12H2,1H3,(H,23,25,28);1H. The van der Waals surface area contributed by atoms with Gasteiger partial charge in [0.1, 0.15) is 11.4 Å². The van der Waals surface area contributed by atoms with Gasteiger partial charge in [0, 0.05) is 24.7 Å². The molecule has 3 unspecified atom stereocenters. The number of halogens is 1. The van der Waals surface area contributed by atoms with Gasteiger partial charge in [0.2, 0.25) is 0 Å². The highest BCUT2D eigenvalue weighted by Gasteiger charge is 2.40. The highest BCUT2D eigenvalue weighted by molar-refractivity contribution is 5.85. The predicted octanol–water partition coefficient (Wildman–Crippen LogP) is 2.22. The van der Waals surface area contributed by atoms with E-state index in [1.54, 1.807) is 25.4 Å². The van der Waals surface area contributed by atoms with Crippen molar-refractivity contribution >= 4 is 23.4 Å². The van der Waals surface area contributed by atoms with Crippen molar-refractivity contribution in [1.29, 1.82) is 0 Å². The fourth-order valence-electron chi connectivity index (χ4n) is 5.16. The molecule has 3 aromatic rings. The maximum Gasteiger partial charge on any atom is 0.329 e. The van der Waals surface area contributed by atoms with Crippen LogP contribution >= 0.6 is 12.4 Å². The predicted molar refractivity (Wildman–Crippen MR) is 118 cm³/mol. The highest BCUT2D eigenvalue weighted by Crippen LogP contribution is 2.45. The number of nitrogens with one attached hydrogen (secondary N) is 2. The normalized spacial score (nSPS) is 22.2. The SMILES string of the molecule is COc1cccc2c1CCC1CNC(CCn3c(=O)[nH]c4ncccc4c3=O)C21.Cl. The van der Waals surface area contributed by atoms with Gasteiger partial charge in [0.25, 0.3) is 5.56 Å². The van der Waals surface area contributed by atoms with Gasteiger partial charge in [0.05, 0.1) is 12.5 Å². The number of pyridine rings is 1. The molecule has 7 nitrogen and oxygen atoms in total. The highest BCUT2D eigenvalue weighted by atomic mass is 35.5. The number of H-pyrrole nitrogens is 1. The van der Waals surface area contributed by atoms with Gasteiger partial charge in [-0.25, -0.2) is 9.78 Å². The molecule has 0 saturated carbocycles. The molecule has 0 bridgehead atoms. The van der Waals surface area contributed by atoms with Crippen LogP contribution in [-0.4, -0.2) is 34.2 Å². The number of aromatic nitrogens is 3. The van der Waals surface area contributed by atoms with Crippen molar-refractivity contribution in [3.05, 3.63) is 68.5 Å². The molecule has 5 rings (SSSR count). The Morgan fingerprint density at radius 3 is 2.93 bits per heavy atom. The molecule has 1 aromatic carbocycles. The molecule has 2 aliphatic rings. The van der Waals surface area contributed by atoms with Crippen LogP contribution in [0.15, 0.2) is 46.1 Å². The molecule has 1 aliphatic heterocycles. The molecule has 3 atom stereocenters. The monoisotopic (exact) mass is 428 g/mol. The summed E-state index contributed by atoms with van der Waals surface area (Å²) in [4.78, 5) is 32.0. The Bertz CT molecular complexity index is 1190. The first kappa shape index (κ1) is 20.6. The number of rotatable bonds is 4. The number of benzene rings is 1. The summed E-state index contributed by atoms with van der Waals surface area (Å²) in [7, 11) is 1.72. The molecule has 30 heavy (non-hydrogen) atoms. The molecule has 0 spiro atoms. The summed E-state index contributed by atoms with van der Waals surface area (Å²) < 4.78 is 6.88. The number of hydrogen-bond donors (Lipinski definition) is 2. The third-order valence-corrected chi connectivity index (χ3v) is 6.51. The summed E-state index contributed by atoms with van der Waals surface area (Å²) in [6, 6.07) is 9.92. The first-order chi connectivity index (χ1) is 14.2. The molecule has 158 valence electrons. The van der Waals surface area contributed by atoms with Crippen LogP contribution in [0.5, 0.6) is 5.75 Å². The van der Waals surface area contributed by atoms with Crippen LogP contribution in [0.2, 0.25) is 0 Å². The minimum Gasteiger partial charge on any atom is -0.496 e. The minimum absolute atomic E-state index is 0. The van der Waals surface area contributed by atoms with E-state index < -0.39 is 5.69 Å². The van der Waals surface area contributed by atoms with E-state index in [0.717, 1.165) is 25.1 Å². The quantitative estimate of drug-likeness (QED) is 0.665. The molecular weight excluding hydrogens is 404 g/mol. The van der Waals surface area contributed by atoms with E-state index in [1.165, 1.54) is 15.7 Å². The second-order valence-corrected chi connectivity index (χ2v) is 7.94. The van der Waals surface area contributed by atoms with E-state index in [0.29, 0.717) is 35.8 Å². The van der Waals surface area contributed by atoms with Crippen LogP contribution in [-0.2, 0) is 13.0 Å². The third-order valence-electron chi connectivity index (χ3n) is 6.51. The number of aromatic amines is 1. The van der Waals surface area contributed by atoms with Crippen LogP contribution in [0, 0.1) is 5.92 Å². The van der Waals surface area contributed by atoms with Gasteiger partial charge in [-0.2, -0.15) is 0 Å².